The number of rotatable bonds is 4. The summed E-state index contributed by atoms with van der Waals surface area (Å²) in [6.07, 6.45) is 5.32. The fraction of sp³-hybridized carbons (Fsp3) is 0.263. The van der Waals surface area contributed by atoms with Crippen LogP contribution in [0.25, 0.3) is 5.13 Å². The highest BCUT2D eigenvalue weighted by Gasteiger charge is 2.26. The Balaban J connectivity index is 1.50. The smallest absolute Gasteiger partial charge is 0.267 e. The highest BCUT2D eigenvalue weighted by atomic mass is 32.2. The Kier molecular flexibility index (Phi) is 4.94. The van der Waals surface area contributed by atoms with E-state index >= 15 is 0 Å². The minimum Gasteiger partial charge on any atom is -0.321 e. The van der Waals surface area contributed by atoms with Crippen molar-refractivity contribution in [3.8, 4) is 5.13 Å². The first-order valence-electron chi connectivity index (χ1n) is 8.97. The van der Waals surface area contributed by atoms with Gasteiger partial charge in [-0.05, 0) is 56.2 Å². The molecule has 28 heavy (non-hydrogen) atoms. The molecule has 1 aliphatic heterocycles. The van der Waals surface area contributed by atoms with E-state index in [9.17, 15) is 13.2 Å². The molecular formula is C19H20N4O3S2. The van der Waals surface area contributed by atoms with Crippen LogP contribution in [0.2, 0.25) is 0 Å². The van der Waals surface area contributed by atoms with Crippen LogP contribution in [0.3, 0.4) is 0 Å². The predicted octanol–water partition coefficient (Wildman–Crippen LogP) is 3.42. The van der Waals surface area contributed by atoms with E-state index in [4.69, 9.17) is 0 Å². The van der Waals surface area contributed by atoms with Crippen LogP contribution in [-0.2, 0) is 10.0 Å². The normalized spacial score (nSPS) is 16.1. The molecule has 1 aliphatic rings. The van der Waals surface area contributed by atoms with Crippen LogP contribution in [0.4, 0.5) is 11.4 Å². The largest absolute Gasteiger partial charge is 0.321 e. The minimum absolute atomic E-state index is 0.180. The van der Waals surface area contributed by atoms with Gasteiger partial charge in [0.1, 0.15) is 4.88 Å². The third kappa shape index (κ3) is 3.67. The number of carbonyl (C=O) groups is 1. The second kappa shape index (κ2) is 7.40. The van der Waals surface area contributed by atoms with Crippen LogP contribution in [0.15, 0.2) is 48.8 Å². The first kappa shape index (κ1) is 18.7. The van der Waals surface area contributed by atoms with Crippen LogP contribution in [0, 0.1) is 6.92 Å². The Morgan fingerprint density at radius 1 is 1.14 bits per heavy atom. The molecule has 0 aliphatic carbocycles. The summed E-state index contributed by atoms with van der Waals surface area (Å²) in [5.41, 5.74) is 1.90. The summed E-state index contributed by atoms with van der Waals surface area (Å²) in [5, 5.41) is 3.60. The zero-order valence-electron chi connectivity index (χ0n) is 15.3. The van der Waals surface area contributed by atoms with E-state index in [2.05, 4.69) is 10.3 Å². The molecule has 0 saturated carbocycles. The number of sulfonamides is 1. The molecule has 2 aromatic heterocycles. The lowest BCUT2D eigenvalue weighted by Crippen LogP contribution is -2.37. The highest BCUT2D eigenvalue weighted by molar-refractivity contribution is 7.92. The molecule has 0 radical (unpaired) electrons. The summed E-state index contributed by atoms with van der Waals surface area (Å²) in [5.74, 6) is -0.0494. The number of anilines is 2. The van der Waals surface area contributed by atoms with Crippen molar-refractivity contribution in [2.45, 2.75) is 19.8 Å². The standard InChI is InChI=1S/C19H20N4O3S2/c1-14-17(27-19(20-14)22-10-2-3-11-22)18(24)21-15-6-8-16(9-7-15)23-12-4-5-13-28(23,25)26/h2-3,6-11H,4-5,12-13H2,1H3,(H,21,24). The van der Waals surface area contributed by atoms with Crippen molar-refractivity contribution in [1.82, 2.24) is 9.55 Å². The quantitative estimate of drug-likeness (QED) is 0.706. The Hall–Kier alpha value is -2.65. The molecule has 1 fully saturated rings. The number of nitrogens with one attached hydrogen (secondary N) is 1. The fourth-order valence-corrected chi connectivity index (χ4v) is 5.71. The van der Waals surface area contributed by atoms with Crippen LogP contribution in [0.5, 0.6) is 0 Å². The first-order chi connectivity index (χ1) is 13.4. The molecule has 3 heterocycles. The van der Waals surface area contributed by atoms with Gasteiger partial charge in [-0.1, -0.05) is 11.3 Å². The van der Waals surface area contributed by atoms with E-state index in [1.165, 1.54) is 15.6 Å². The third-order valence-corrected chi connectivity index (χ3v) is 7.62. The van der Waals surface area contributed by atoms with Crippen LogP contribution in [0.1, 0.15) is 28.2 Å². The van der Waals surface area contributed by atoms with Crippen molar-refractivity contribution in [3.63, 3.8) is 0 Å². The topological polar surface area (TPSA) is 84.3 Å². The average molecular weight is 417 g/mol. The van der Waals surface area contributed by atoms with Crippen molar-refractivity contribution in [2.24, 2.45) is 0 Å². The summed E-state index contributed by atoms with van der Waals surface area (Å²) in [7, 11) is -3.24. The molecule has 0 bridgehead atoms. The van der Waals surface area contributed by atoms with Crippen molar-refractivity contribution in [3.05, 3.63) is 59.4 Å². The lowest BCUT2D eigenvalue weighted by Gasteiger charge is -2.28. The van der Waals surface area contributed by atoms with E-state index in [0.717, 1.165) is 11.6 Å². The number of hydrogen-bond donors (Lipinski definition) is 1. The van der Waals surface area contributed by atoms with Crippen LogP contribution < -0.4 is 9.62 Å². The Labute approximate surface area is 167 Å². The van der Waals surface area contributed by atoms with Gasteiger partial charge in [0, 0.05) is 24.6 Å². The van der Waals surface area contributed by atoms with E-state index in [0.29, 0.717) is 34.9 Å². The molecule has 1 aromatic carbocycles. The van der Waals surface area contributed by atoms with Gasteiger partial charge in [0.15, 0.2) is 5.13 Å². The van der Waals surface area contributed by atoms with Crippen LogP contribution >= 0.6 is 11.3 Å². The van der Waals surface area contributed by atoms with Gasteiger partial charge in [0.2, 0.25) is 10.0 Å². The fourth-order valence-electron chi connectivity index (χ4n) is 3.14. The molecule has 3 aromatic rings. The zero-order valence-corrected chi connectivity index (χ0v) is 17.0. The van der Waals surface area contributed by atoms with Gasteiger partial charge in [-0.15, -0.1) is 0 Å². The number of aromatic nitrogens is 2. The molecule has 7 nitrogen and oxygen atoms in total. The Morgan fingerprint density at radius 3 is 2.54 bits per heavy atom. The molecule has 146 valence electrons. The van der Waals surface area contributed by atoms with Gasteiger partial charge in [0.05, 0.1) is 17.1 Å². The number of amides is 1. The highest BCUT2D eigenvalue weighted by Crippen LogP contribution is 2.26. The summed E-state index contributed by atoms with van der Waals surface area (Å²) in [6, 6.07) is 10.7. The zero-order chi connectivity index (χ0) is 19.7. The summed E-state index contributed by atoms with van der Waals surface area (Å²) in [6.45, 7) is 2.30. The number of carbonyl (C=O) groups excluding carboxylic acids is 1. The van der Waals surface area contributed by atoms with E-state index in [-0.39, 0.29) is 11.7 Å². The van der Waals surface area contributed by atoms with Crippen molar-refractivity contribution < 1.29 is 13.2 Å². The maximum absolute atomic E-state index is 12.7. The second-order valence-electron chi connectivity index (χ2n) is 6.60. The summed E-state index contributed by atoms with van der Waals surface area (Å²) in [4.78, 5) is 17.7. The van der Waals surface area contributed by atoms with Gasteiger partial charge in [-0.3, -0.25) is 9.10 Å². The predicted molar refractivity (Wildman–Crippen MR) is 111 cm³/mol. The van der Waals surface area contributed by atoms with E-state index in [1.807, 2.05) is 36.0 Å². The third-order valence-electron chi connectivity index (χ3n) is 4.58. The average Bonchev–Trinajstić information content (AvgIpc) is 3.32. The first-order valence-corrected chi connectivity index (χ1v) is 11.4. The maximum atomic E-state index is 12.7. The van der Waals surface area contributed by atoms with Crippen molar-refractivity contribution in [1.29, 1.82) is 0 Å². The Morgan fingerprint density at radius 2 is 1.86 bits per heavy atom. The molecule has 0 spiro atoms. The number of thiazole rings is 1. The lowest BCUT2D eigenvalue weighted by atomic mass is 10.2. The molecule has 1 amide bonds. The monoisotopic (exact) mass is 416 g/mol. The summed E-state index contributed by atoms with van der Waals surface area (Å²) < 4.78 is 27.7. The van der Waals surface area contributed by atoms with Gasteiger partial charge in [-0.2, -0.15) is 0 Å². The van der Waals surface area contributed by atoms with E-state index < -0.39 is 10.0 Å². The molecule has 4 rings (SSSR count). The Bertz CT molecular complexity index is 1090. The van der Waals surface area contributed by atoms with Gasteiger partial charge >= 0.3 is 0 Å². The van der Waals surface area contributed by atoms with Crippen LogP contribution in [-0.4, -0.2) is 36.2 Å². The summed E-state index contributed by atoms with van der Waals surface area (Å²) >= 11 is 1.32. The lowest BCUT2D eigenvalue weighted by molar-refractivity contribution is 0.103. The molecule has 1 N–H and O–H groups in total. The van der Waals surface area contributed by atoms with Gasteiger partial charge < -0.3 is 9.88 Å². The molecule has 0 unspecified atom stereocenters. The number of benzene rings is 1. The molecular weight excluding hydrogens is 396 g/mol. The number of nitrogens with zero attached hydrogens (tertiary/aromatic N) is 3. The number of hydrogen-bond acceptors (Lipinski definition) is 5. The van der Waals surface area contributed by atoms with Crippen molar-refractivity contribution in [2.75, 3.05) is 21.9 Å². The van der Waals surface area contributed by atoms with E-state index in [1.54, 1.807) is 24.3 Å². The molecule has 1 saturated heterocycles. The van der Waals surface area contributed by atoms with Crippen molar-refractivity contribution >= 4 is 38.6 Å². The van der Waals surface area contributed by atoms with Gasteiger partial charge in [-0.25, -0.2) is 13.4 Å². The maximum Gasteiger partial charge on any atom is 0.267 e. The number of aryl methyl sites for hydroxylation is 1. The van der Waals surface area contributed by atoms with Gasteiger partial charge in [0.25, 0.3) is 5.91 Å². The SMILES string of the molecule is Cc1nc(-n2cccc2)sc1C(=O)Nc1ccc(N2CCCCS2(=O)=O)cc1. The molecule has 9 heteroatoms. The molecule has 0 atom stereocenters. The second-order valence-corrected chi connectivity index (χ2v) is 9.59. The minimum atomic E-state index is -3.24.